The number of amides is 1. The standard InChI is InChI=1S/C24H23N3O2S2/c1-16(2)30-19-9-4-8-18(13-19)23(28)27(15-17-7-6-12-25-14-17)24-26-22-20(29-3)10-5-11-21(22)31-24/h4-14,16H,15H2,1-3H3. The Morgan fingerprint density at radius 3 is 2.74 bits per heavy atom. The fraction of sp³-hybridized carbons (Fsp3) is 0.208. The van der Waals surface area contributed by atoms with E-state index >= 15 is 0 Å². The van der Waals surface area contributed by atoms with Crippen LogP contribution in [0, 0.1) is 0 Å². The number of fused-ring (bicyclic) bond motifs is 1. The van der Waals surface area contributed by atoms with Crippen molar-refractivity contribution in [2.75, 3.05) is 12.0 Å². The van der Waals surface area contributed by atoms with E-state index in [2.05, 4.69) is 18.8 Å². The highest BCUT2D eigenvalue weighted by Gasteiger charge is 2.23. The van der Waals surface area contributed by atoms with Gasteiger partial charge in [0, 0.05) is 28.1 Å². The van der Waals surface area contributed by atoms with Crippen LogP contribution in [-0.4, -0.2) is 28.2 Å². The maximum absolute atomic E-state index is 13.7. The molecule has 0 bridgehead atoms. The molecule has 158 valence electrons. The summed E-state index contributed by atoms with van der Waals surface area (Å²) in [6, 6.07) is 17.4. The smallest absolute Gasteiger partial charge is 0.260 e. The van der Waals surface area contributed by atoms with Crippen LogP contribution in [0.25, 0.3) is 10.2 Å². The summed E-state index contributed by atoms with van der Waals surface area (Å²) in [5.41, 5.74) is 2.34. The number of pyridine rings is 1. The van der Waals surface area contributed by atoms with Gasteiger partial charge in [-0.1, -0.05) is 43.4 Å². The predicted octanol–water partition coefficient (Wildman–Crippen LogP) is 6.05. The summed E-state index contributed by atoms with van der Waals surface area (Å²) in [7, 11) is 1.63. The van der Waals surface area contributed by atoms with Crippen LogP contribution in [0.5, 0.6) is 5.75 Å². The number of thiazole rings is 1. The van der Waals surface area contributed by atoms with Crippen LogP contribution in [0.15, 0.2) is 71.9 Å². The Labute approximate surface area is 190 Å². The van der Waals surface area contributed by atoms with Gasteiger partial charge in [0.15, 0.2) is 5.13 Å². The third kappa shape index (κ3) is 4.89. The highest BCUT2D eigenvalue weighted by Crippen LogP contribution is 2.35. The minimum absolute atomic E-state index is 0.0897. The van der Waals surface area contributed by atoms with Crippen molar-refractivity contribution in [3.8, 4) is 5.75 Å². The average molecular weight is 450 g/mol. The first-order valence-corrected chi connectivity index (χ1v) is 11.7. The number of hydrogen-bond acceptors (Lipinski definition) is 6. The second-order valence-corrected chi connectivity index (χ2v) is 9.91. The molecule has 31 heavy (non-hydrogen) atoms. The molecule has 4 aromatic rings. The molecule has 5 nitrogen and oxygen atoms in total. The van der Waals surface area contributed by atoms with Crippen LogP contribution in [0.1, 0.15) is 29.8 Å². The summed E-state index contributed by atoms with van der Waals surface area (Å²) in [6.07, 6.45) is 3.50. The molecule has 0 atom stereocenters. The van der Waals surface area contributed by atoms with Crippen LogP contribution in [-0.2, 0) is 6.54 Å². The molecule has 2 aromatic heterocycles. The zero-order valence-electron chi connectivity index (χ0n) is 17.6. The summed E-state index contributed by atoms with van der Waals surface area (Å²) < 4.78 is 6.44. The molecule has 0 fully saturated rings. The van der Waals surface area contributed by atoms with Gasteiger partial charge < -0.3 is 4.74 Å². The van der Waals surface area contributed by atoms with E-state index < -0.39 is 0 Å². The van der Waals surface area contributed by atoms with E-state index in [-0.39, 0.29) is 5.91 Å². The maximum Gasteiger partial charge on any atom is 0.260 e. The van der Waals surface area contributed by atoms with Crippen molar-refractivity contribution in [1.29, 1.82) is 0 Å². The molecule has 7 heteroatoms. The number of thioether (sulfide) groups is 1. The molecule has 0 saturated carbocycles. The third-order valence-electron chi connectivity index (χ3n) is 4.58. The first kappa shape index (κ1) is 21.3. The van der Waals surface area contributed by atoms with Gasteiger partial charge in [0.05, 0.1) is 18.4 Å². The Morgan fingerprint density at radius 2 is 2.00 bits per heavy atom. The van der Waals surface area contributed by atoms with Gasteiger partial charge in [-0.05, 0) is 42.0 Å². The van der Waals surface area contributed by atoms with Gasteiger partial charge in [-0.25, -0.2) is 4.98 Å². The molecule has 0 radical (unpaired) electrons. The lowest BCUT2D eigenvalue weighted by Gasteiger charge is -2.20. The lowest BCUT2D eigenvalue weighted by atomic mass is 10.2. The molecular weight excluding hydrogens is 426 g/mol. The van der Waals surface area contributed by atoms with Crippen molar-refractivity contribution in [3.63, 3.8) is 0 Å². The molecule has 4 rings (SSSR count). The quantitative estimate of drug-likeness (QED) is 0.322. The molecule has 0 saturated heterocycles. The molecule has 0 unspecified atom stereocenters. The Balaban J connectivity index is 1.75. The molecule has 2 heterocycles. The van der Waals surface area contributed by atoms with Crippen molar-refractivity contribution < 1.29 is 9.53 Å². The van der Waals surface area contributed by atoms with Crippen LogP contribution in [0.4, 0.5) is 5.13 Å². The molecule has 0 N–H and O–H groups in total. The molecule has 0 aliphatic heterocycles. The predicted molar refractivity (Wildman–Crippen MR) is 128 cm³/mol. The summed E-state index contributed by atoms with van der Waals surface area (Å²) in [4.78, 5) is 25.4. The number of methoxy groups -OCH3 is 1. The van der Waals surface area contributed by atoms with Gasteiger partial charge in [0.2, 0.25) is 0 Å². The lowest BCUT2D eigenvalue weighted by molar-refractivity contribution is 0.0985. The number of benzene rings is 2. The van der Waals surface area contributed by atoms with Crippen molar-refractivity contribution >= 4 is 44.4 Å². The highest BCUT2D eigenvalue weighted by molar-refractivity contribution is 7.99. The van der Waals surface area contributed by atoms with E-state index in [4.69, 9.17) is 9.72 Å². The Bertz CT molecular complexity index is 1190. The van der Waals surface area contributed by atoms with Gasteiger partial charge in [-0.15, -0.1) is 11.8 Å². The zero-order chi connectivity index (χ0) is 21.8. The number of aromatic nitrogens is 2. The van der Waals surface area contributed by atoms with Crippen molar-refractivity contribution in [2.24, 2.45) is 0 Å². The molecule has 0 spiro atoms. The van der Waals surface area contributed by atoms with Crippen LogP contribution in [0.3, 0.4) is 0 Å². The minimum Gasteiger partial charge on any atom is -0.494 e. The molecule has 2 aromatic carbocycles. The van der Waals surface area contributed by atoms with Gasteiger partial charge in [-0.3, -0.25) is 14.7 Å². The first-order chi connectivity index (χ1) is 15.0. The van der Waals surface area contributed by atoms with E-state index in [9.17, 15) is 4.79 Å². The van der Waals surface area contributed by atoms with E-state index in [0.717, 1.165) is 20.7 Å². The molecular formula is C24H23N3O2S2. The largest absolute Gasteiger partial charge is 0.494 e. The number of carbonyl (C=O) groups excluding carboxylic acids is 1. The fourth-order valence-electron chi connectivity index (χ4n) is 3.22. The zero-order valence-corrected chi connectivity index (χ0v) is 19.2. The van der Waals surface area contributed by atoms with Gasteiger partial charge in [-0.2, -0.15) is 0 Å². The number of hydrogen-bond donors (Lipinski definition) is 0. The number of carbonyl (C=O) groups is 1. The number of para-hydroxylation sites is 1. The third-order valence-corrected chi connectivity index (χ3v) is 6.62. The number of ether oxygens (including phenoxy) is 1. The van der Waals surface area contributed by atoms with E-state index in [1.165, 1.54) is 11.3 Å². The molecule has 0 aliphatic rings. The van der Waals surface area contributed by atoms with Crippen LogP contribution >= 0.6 is 23.1 Å². The Kier molecular flexibility index (Phi) is 6.53. The normalized spacial score (nSPS) is 11.1. The SMILES string of the molecule is COc1cccc2sc(N(Cc3cccnc3)C(=O)c3cccc(SC(C)C)c3)nc12. The van der Waals surface area contributed by atoms with Gasteiger partial charge >= 0.3 is 0 Å². The molecule has 0 aliphatic carbocycles. The summed E-state index contributed by atoms with van der Waals surface area (Å²) in [5, 5.41) is 1.07. The van der Waals surface area contributed by atoms with Gasteiger partial charge in [0.1, 0.15) is 11.3 Å². The number of nitrogens with zero attached hydrogens (tertiary/aromatic N) is 3. The Hall–Kier alpha value is -2.90. The van der Waals surface area contributed by atoms with E-state index in [0.29, 0.717) is 28.2 Å². The van der Waals surface area contributed by atoms with Crippen LogP contribution < -0.4 is 9.64 Å². The topological polar surface area (TPSA) is 55.3 Å². The Morgan fingerprint density at radius 1 is 1.16 bits per heavy atom. The summed E-state index contributed by atoms with van der Waals surface area (Å²) in [5.74, 6) is 0.609. The first-order valence-electron chi connectivity index (χ1n) is 9.96. The minimum atomic E-state index is -0.0897. The summed E-state index contributed by atoms with van der Waals surface area (Å²) >= 11 is 3.22. The van der Waals surface area contributed by atoms with Crippen molar-refractivity contribution in [3.05, 3.63) is 78.1 Å². The lowest BCUT2D eigenvalue weighted by Crippen LogP contribution is -2.30. The van der Waals surface area contributed by atoms with Gasteiger partial charge in [0.25, 0.3) is 5.91 Å². The maximum atomic E-state index is 13.7. The van der Waals surface area contributed by atoms with E-state index in [1.807, 2.05) is 54.6 Å². The number of rotatable bonds is 7. The highest BCUT2D eigenvalue weighted by atomic mass is 32.2. The summed E-state index contributed by atoms with van der Waals surface area (Å²) in [6.45, 7) is 4.67. The van der Waals surface area contributed by atoms with E-state index in [1.54, 1.807) is 36.2 Å². The number of anilines is 1. The average Bonchev–Trinajstić information content (AvgIpc) is 3.21. The fourth-order valence-corrected chi connectivity index (χ4v) is 5.10. The monoisotopic (exact) mass is 449 g/mol. The van der Waals surface area contributed by atoms with Crippen molar-refractivity contribution in [1.82, 2.24) is 9.97 Å². The van der Waals surface area contributed by atoms with Crippen LogP contribution in [0.2, 0.25) is 0 Å². The second kappa shape index (κ2) is 9.49. The molecule has 1 amide bonds. The van der Waals surface area contributed by atoms with Crippen molar-refractivity contribution in [2.45, 2.75) is 30.5 Å². The second-order valence-electron chi connectivity index (χ2n) is 7.25.